The topological polar surface area (TPSA) is 58.2 Å². The van der Waals surface area contributed by atoms with Gasteiger partial charge in [0.2, 0.25) is 11.8 Å². The van der Waals surface area contributed by atoms with Gasteiger partial charge in [-0.2, -0.15) is 0 Å². The minimum absolute atomic E-state index is 0.00704. The molecule has 1 aromatic carbocycles. The van der Waals surface area contributed by atoms with E-state index in [4.69, 9.17) is 0 Å². The number of piperidine rings is 1. The van der Waals surface area contributed by atoms with Crippen molar-refractivity contribution in [3.8, 4) is 0 Å². The Kier molecular flexibility index (Phi) is 3.65. The Bertz CT molecular complexity index is 452. The Morgan fingerprint density at radius 1 is 1.33 bits per heavy atom. The van der Waals surface area contributed by atoms with Gasteiger partial charge >= 0.3 is 0 Å². The van der Waals surface area contributed by atoms with Crippen molar-refractivity contribution >= 4 is 17.5 Å². The molecule has 1 aliphatic rings. The highest BCUT2D eigenvalue weighted by atomic mass is 16.2. The summed E-state index contributed by atoms with van der Waals surface area (Å²) >= 11 is 0. The molecule has 96 valence electrons. The van der Waals surface area contributed by atoms with Crippen LogP contribution in [0.5, 0.6) is 0 Å². The third kappa shape index (κ3) is 2.70. The first-order chi connectivity index (χ1) is 8.58. The van der Waals surface area contributed by atoms with Crippen molar-refractivity contribution < 1.29 is 9.59 Å². The van der Waals surface area contributed by atoms with Crippen LogP contribution < -0.4 is 10.6 Å². The number of nitrogens with one attached hydrogen (secondary N) is 2. The maximum absolute atomic E-state index is 12.1. The van der Waals surface area contributed by atoms with Crippen LogP contribution in [0.2, 0.25) is 0 Å². The lowest BCUT2D eigenvalue weighted by molar-refractivity contribution is -0.126. The Morgan fingerprint density at radius 2 is 2.00 bits per heavy atom. The molecule has 4 nitrogen and oxygen atoms in total. The highest BCUT2D eigenvalue weighted by Gasteiger charge is 2.24. The van der Waals surface area contributed by atoms with Gasteiger partial charge in [0.15, 0.2) is 0 Å². The van der Waals surface area contributed by atoms with Crippen LogP contribution in [0.15, 0.2) is 18.2 Å². The maximum atomic E-state index is 12.1. The predicted molar refractivity (Wildman–Crippen MR) is 70.3 cm³/mol. The average Bonchev–Trinajstić information content (AvgIpc) is 2.34. The smallest absolute Gasteiger partial charge is 0.229 e. The molecular formula is C14H18N2O2. The summed E-state index contributed by atoms with van der Waals surface area (Å²) in [5, 5.41) is 5.70. The van der Waals surface area contributed by atoms with Crippen LogP contribution in [-0.2, 0) is 9.59 Å². The average molecular weight is 246 g/mol. The molecule has 1 aromatic rings. The molecule has 1 atom stereocenters. The monoisotopic (exact) mass is 246 g/mol. The molecule has 2 N–H and O–H groups in total. The number of hydrogen-bond donors (Lipinski definition) is 2. The molecule has 18 heavy (non-hydrogen) atoms. The molecule has 0 spiro atoms. The number of amides is 2. The molecule has 0 radical (unpaired) electrons. The lowest BCUT2D eigenvalue weighted by atomic mass is 9.98. The molecule has 2 amide bonds. The van der Waals surface area contributed by atoms with Gasteiger partial charge < -0.3 is 10.6 Å². The Balaban J connectivity index is 2.05. The molecule has 1 heterocycles. The number of anilines is 1. The van der Waals surface area contributed by atoms with Gasteiger partial charge in [0.1, 0.15) is 0 Å². The molecule has 1 fully saturated rings. The van der Waals surface area contributed by atoms with Crippen LogP contribution in [0.25, 0.3) is 0 Å². The van der Waals surface area contributed by atoms with E-state index in [2.05, 4.69) is 10.6 Å². The van der Waals surface area contributed by atoms with Crippen molar-refractivity contribution in [2.24, 2.45) is 5.92 Å². The first-order valence-corrected chi connectivity index (χ1v) is 6.21. The highest BCUT2D eigenvalue weighted by molar-refractivity contribution is 5.95. The van der Waals surface area contributed by atoms with Crippen LogP contribution in [0, 0.1) is 19.8 Å². The SMILES string of the molecule is Cc1cccc(C)c1NC(=O)C1CCC(=O)NC1. The second kappa shape index (κ2) is 5.21. The van der Waals surface area contributed by atoms with E-state index in [-0.39, 0.29) is 17.7 Å². The molecule has 1 saturated heterocycles. The van der Waals surface area contributed by atoms with Crippen molar-refractivity contribution in [1.29, 1.82) is 0 Å². The summed E-state index contributed by atoms with van der Waals surface area (Å²) in [6.45, 7) is 4.39. The number of aryl methyl sites for hydroxylation is 2. The molecular weight excluding hydrogens is 228 g/mol. The zero-order valence-corrected chi connectivity index (χ0v) is 10.7. The molecule has 0 saturated carbocycles. The lowest BCUT2D eigenvalue weighted by Gasteiger charge is -2.22. The first kappa shape index (κ1) is 12.6. The minimum Gasteiger partial charge on any atom is -0.355 e. The van der Waals surface area contributed by atoms with Crippen LogP contribution in [0.3, 0.4) is 0 Å². The summed E-state index contributed by atoms with van der Waals surface area (Å²) < 4.78 is 0. The number of hydrogen-bond acceptors (Lipinski definition) is 2. The van der Waals surface area contributed by atoms with Crippen molar-refractivity contribution in [2.45, 2.75) is 26.7 Å². The molecule has 4 heteroatoms. The van der Waals surface area contributed by atoms with E-state index in [0.29, 0.717) is 19.4 Å². The summed E-state index contributed by atoms with van der Waals surface area (Å²) in [5.74, 6) is -0.0970. The van der Waals surface area contributed by atoms with E-state index < -0.39 is 0 Å². The molecule has 0 bridgehead atoms. The molecule has 0 aromatic heterocycles. The molecule has 1 aliphatic heterocycles. The van der Waals surface area contributed by atoms with E-state index in [1.807, 2.05) is 32.0 Å². The Morgan fingerprint density at radius 3 is 2.56 bits per heavy atom. The zero-order chi connectivity index (χ0) is 13.1. The fourth-order valence-electron chi connectivity index (χ4n) is 2.19. The van der Waals surface area contributed by atoms with Gasteiger partial charge in [-0.05, 0) is 31.4 Å². The van der Waals surface area contributed by atoms with Crippen molar-refractivity contribution in [3.63, 3.8) is 0 Å². The minimum atomic E-state index is -0.123. The van der Waals surface area contributed by atoms with E-state index in [0.717, 1.165) is 16.8 Å². The normalized spacial score (nSPS) is 19.2. The number of carbonyl (C=O) groups excluding carboxylic acids is 2. The number of carbonyl (C=O) groups is 2. The third-order valence-electron chi connectivity index (χ3n) is 3.37. The van der Waals surface area contributed by atoms with Gasteiger partial charge in [0.25, 0.3) is 0 Å². The maximum Gasteiger partial charge on any atom is 0.229 e. The number of benzene rings is 1. The number of rotatable bonds is 2. The lowest BCUT2D eigenvalue weighted by Crippen LogP contribution is -2.40. The number of para-hydroxylation sites is 1. The first-order valence-electron chi connectivity index (χ1n) is 6.21. The van der Waals surface area contributed by atoms with E-state index in [1.165, 1.54) is 0 Å². The van der Waals surface area contributed by atoms with Crippen LogP contribution in [-0.4, -0.2) is 18.4 Å². The van der Waals surface area contributed by atoms with Gasteiger partial charge in [-0.1, -0.05) is 18.2 Å². The van der Waals surface area contributed by atoms with Crippen molar-refractivity contribution in [1.82, 2.24) is 5.32 Å². The third-order valence-corrected chi connectivity index (χ3v) is 3.37. The second-order valence-corrected chi connectivity index (χ2v) is 4.80. The second-order valence-electron chi connectivity index (χ2n) is 4.80. The van der Waals surface area contributed by atoms with E-state index >= 15 is 0 Å². The molecule has 1 unspecified atom stereocenters. The van der Waals surface area contributed by atoms with E-state index in [9.17, 15) is 9.59 Å². The Labute approximate surface area is 107 Å². The van der Waals surface area contributed by atoms with Crippen LogP contribution >= 0.6 is 0 Å². The Hall–Kier alpha value is -1.84. The molecule has 0 aliphatic carbocycles. The van der Waals surface area contributed by atoms with Crippen molar-refractivity contribution in [2.75, 3.05) is 11.9 Å². The van der Waals surface area contributed by atoms with Crippen LogP contribution in [0.1, 0.15) is 24.0 Å². The van der Waals surface area contributed by atoms with Gasteiger partial charge in [-0.15, -0.1) is 0 Å². The largest absolute Gasteiger partial charge is 0.355 e. The summed E-state index contributed by atoms with van der Waals surface area (Å²) in [6.07, 6.45) is 1.06. The fraction of sp³-hybridized carbons (Fsp3) is 0.429. The summed E-state index contributed by atoms with van der Waals surface area (Å²) in [4.78, 5) is 23.2. The van der Waals surface area contributed by atoms with Crippen LogP contribution in [0.4, 0.5) is 5.69 Å². The zero-order valence-electron chi connectivity index (χ0n) is 10.7. The summed E-state index contributed by atoms with van der Waals surface area (Å²) in [5.41, 5.74) is 3.01. The standard InChI is InChI=1S/C14H18N2O2/c1-9-4-3-5-10(2)13(9)16-14(18)11-6-7-12(17)15-8-11/h3-5,11H,6-8H2,1-2H3,(H,15,17)(H,16,18). The quantitative estimate of drug-likeness (QED) is 0.835. The highest BCUT2D eigenvalue weighted by Crippen LogP contribution is 2.21. The van der Waals surface area contributed by atoms with Gasteiger partial charge in [0, 0.05) is 18.7 Å². The van der Waals surface area contributed by atoms with E-state index in [1.54, 1.807) is 0 Å². The van der Waals surface area contributed by atoms with Gasteiger partial charge in [-0.25, -0.2) is 0 Å². The van der Waals surface area contributed by atoms with Gasteiger partial charge in [-0.3, -0.25) is 9.59 Å². The fourth-order valence-corrected chi connectivity index (χ4v) is 2.19. The summed E-state index contributed by atoms with van der Waals surface area (Å²) in [7, 11) is 0. The molecule has 2 rings (SSSR count). The van der Waals surface area contributed by atoms with Gasteiger partial charge in [0.05, 0.1) is 5.92 Å². The summed E-state index contributed by atoms with van der Waals surface area (Å²) in [6, 6.07) is 5.93. The predicted octanol–water partition coefficient (Wildman–Crippen LogP) is 1.77. The van der Waals surface area contributed by atoms with Crippen molar-refractivity contribution in [3.05, 3.63) is 29.3 Å².